The Hall–Kier alpha value is -0.980. The average Bonchev–Trinajstić information content (AvgIpc) is 2.61. The number of cyclic esters (lactones) is 1. The van der Waals surface area contributed by atoms with Gasteiger partial charge in [0.25, 0.3) is 5.78 Å². The molecule has 98 valence electrons. The first-order chi connectivity index (χ1) is 8.11. The molecule has 0 bridgehead atoms. The monoisotopic (exact) mass is 246 g/mol. The van der Waals surface area contributed by atoms with E-state index in [1.54, 1.807) is 0 Å². The van der Waals surface area contributed by atoms with Crippen molar-refractivity contribution < 1.29 is 29.3 Å². The smallest absolute Gasteiger partial charge is 0.378 e. The predicted octanol–water partition coefficient (Wildman–Crippen LogP) is -0.591. The molecule has 3 atom stereocenters. The Morgan fingerprint density at radius 1 is 1.41 bits per heavy atom. The van der Waals surface area contributed by atoms with Crippen LogP contribution in [0.25, 0.3) is 0 Å². The molecular formula is C11H18O6. The van der Waals surface area contributed by atoms with Gasteiger partial charge >= 0.3 is 5.97 Å². The van der Waals surface area contributed by atoms with Gasteiger partial charge in [-0.25, -0.2) is 4.79 Å². The van der Waals surface area contributed by atoms with Crippen LogP contribution in [0.4, 0.5) is 0 Å². The summed E-state index contributed by atoms with van der Waals surface area (Å²) in [6, 6.07) is 0. The predicted molar refractivity (Wildman–Crippen MR) is 57.2 cm³/mol. The topological polar surface area (TPSA) is 93.1 Å². The second kappa shape index (κ2) is 6.68. The average molecular weight is 246 g/mol. The Bertz CT molecular complexity index is 277. The normalized spacial score (nSPS) is 26.1. The van der Waals surface area contributed by atoms with Crippen molar-refractivity contribution in [2.24, 2.45) is 0 Å². The lowest BCUT2D eigenvalue weighted by Crippen LogP contribution is -2.41. The van der Waals surface area contributed by atoms with E-state index in [0.29, 0.717) is 6.61 Å². The van der Waals surface area contributed by atoms with Gasteiger partial charge in [-0.15, -0.1) is 0 Å². The number of ether oxygens (including phenoxy) is 2. The minimum atomic E-state index is -1.29. The third-order valence-corrected chi connectivity index (χ3v) is 2.61. The number of rotatable bonds is 7. The summed E-state index contributed by atoms with van der Waals surface area (Å²) in [6.45, 7) is 1.78. The zero-order chi connectivity index (χ0) is 12.8. The van der Waals surface area contributed by atoms with E-state index in [4.69, 9.17) is 9.84 Å². The van der Waals surface area contributed by atoms with E-state index in [-0.39, 0.29) is 0 Å². The maximum Gasteiger partial charge on any atom is 0.378 e. The van der Waals surface area contributed by atoms with Crippen molar-refractivity contribution in [2.75, 3.05) is 13.2 Å². The number of aliphatic hydroxyl groups excluding tert-OH is 2. The zero-order valence-corrected chi connectivity index (χ0v) is 9.80. The number of Topliss-reactive ketones (excluding diaryl/α,β-unsaturated/α-hetero) is 1. The van der Waals surface area contributed by atoms with Gasteiger partial charge < -0.3 is 19.7 Å². The number of ketones is 1. The van der Waals surface area contributed by atoms with Crippen LogP contribution in [0.3, 0.4) is 0 Å². The van der Waals surface area contributed by atoms with Gasteiger partial charge in [-0.3, -0.25) is 4.79 Å². The van der Waals surface area contributed by atoms with Crippen LogP contribution in [0.1, 0.15) is 26.2 Å². The van der Waals surface area contributed by atoms with E-state index in [2.05, 4.69) is 4.74 Å². The first-order valence-corrected chi connectivity index (χ1v) is 5.77. The first-order valence-electron chi connectivity index (χ1n) is 5.77. The summed E-state index contributed by atoms with van der Waals surface area (Å²) in [6.07, 6.45) is -0.732. The molecule has 0 amide bonds. The maximum absolute atomic E-state index is 11.4. The fourth-order valence-corrected chi connectivity index (χ4v) is 1.63. The molecule has 0 aromatic heterocycles. The first kappa shape index (κ1) is 14.1. The summed E-state index contributed by atoms with van der Waals surface area (Å²) < 4.78 is 9.93. The van der Waals surface area contributed by atoms with E-state index in [1.807, 2.05) is 6.92 Å². The third-order valence-electron chi connectivity index (χ3n) is 2.61. The molecule has 0 aromatic carbocycles. The van der Waals surface area contributed by atoms with Gasteiger partial charge in [-0.1, -0.05) is 19.8 Å². The van der Waals surface area contributed by atoms with Crippen molar-refractivity contribution in [3.8, 4) is 0 Å². The molecule has 0 radical (unpaired) electrons. The Balaban J connectivity index is 2.52. The number of carbonyl (C=O) groups excluding carboxylic acids is 2. The van der Waals surface area contributed by atoms with Crippen molar-refractivity contribution in [3.05, 3.63) is 0 Å². The highest BCUT2D eigenvalue weighted by molar-refractivity contribution is 6.37. The van der Waals surface area contributed by atoms with E-state index >= 15 is 0 Å². The molecule has 2 N–H and O–H groups in total. The number of hydrogen-bond donors (Lipinski definition) is 2. The molecule has 1 heterocycles. The summed E-state index contributed by atoms with van der Waals surface area (Å²) in [5.74, 6) is -1.80. The lowest BCUT2D eigenvalue weighted by atomic mass is 10.1. The second-order valence-electron chi connectivity index (χ2n) is 3.98. The number of aliphatic hydroxyl groups is 2. The quantitative estimate of drug-likeness (QED) is 0.354. The van der Waals surface area contributed by atoms with E-state index < -0.39 is 36.7 Å². The van der Waals surface area contributed by atoms with Crippen molar-refractivity contribution >= 4 is 11.8 Å². The highest BCUT2D eigenvalue weighted by atomic mass is 16.6. The molecule has 6 nitrogen and oxygen atoms in total. The Kier molecular flexibility index (Phi) is 5.54. The van der Waals surface area contributed by atoms with Crippen LogP contribution in [0.5, 0.6) is 0 Å². The number of carbonyl (C=O) groups is 2. The molecule has 1 unspecified atom stereocenters. The van der Waals surface area contributed by atoms with Crippen LogP contribution >= 0.6 is 0 Å². The number of esters is 1. The van der Waals surface area contributed by atoms with Crippen LogP contribution < -0.4 is 0 Å². The van der Waals surface area contributed by atoms with Gasteiger partial charge in [-0.05, 0) is 6.42 Å². The molecule has 17 heavy (non-hydrogen) atoms. The molecule has 0 aromatic rings. The lowest BCUT2D eigenvalue weighted by molar-refractivity contribution is -0.152. The highest BCUT2D eigenvalue weighted by Gasteiger charge is 2.47. The lowest BCUT2D eigenvalue weighted by Gasteiger charge is -2.20. The molecule has 0 aliphatic carbocycles. The molecule has 1 fully saturated rings. The largest absolute Gasteiger partial charge is 0.450 e. The standard InChI is InChI=1S/C11H18O6/c1-2-3-4-5-16-10-8(14)11(15)17-9(10)7(13)6-12/h7,9-10,12-13H,2-6H2,1H3/t7-,9+,10?/m0/s1. The van der Waals surface area contributed by atoms with Gasteiger partial charge in [0.2, 0.25) is 0 Å². The van der Waals surface area contributed by atoms with Crippen LogP contribution in [-0.2, 0) is 19.1 Å². The highest BCUT2D eigenvalue weighted by Crippen LogP contribution is 2.19. The van der Waals surface area contributed by atoms with E-state index in [9.17, 15) is 14.7 Å². The molecule has 1 aliphatic heterocycles. The minimum Gasteiger partial charge on any atom is -0.450 e. The van der Waals surface area contributed by atoms with Crippen molar-refractivity contribution in [1.82, 2.24) is 0 Å². The molecule has 0 spiro atoms. The summed E-state index contributed by atoms with van der Waals surface area (Å²) in [7, 11) is 0. The molecule has 1 rings (SSSR count). The van der Waals surface area contributed by atoms with Crippen molar-refractivity contribution in [3.63, 3.8) is 0 Å². The molecule has 0 saturated carbocycles. The van der Waals surface area contributed by atoms with Gasteiger partial charge in [0.15, 0.2) is 12.2 Å². The SMILES string of the molecule is CCCCCOC1C(=O)C(=O)O[C@@H]1[C@@H](O)CO. The fourth-order valence-electron chi connectivity index (χ4n) is 1.63. The van der Waals surface area contributed by atoms with Gasteiger partial charge in [0, 0.05) is 6.61 Å². The van der Waals surface area contributed by atoms with E-state index in [1.165, 1.54) is 0 Å². The summed E-state index contributed by atoms with van der Waals surface area (Å²) in [5, 5.41) is 18.2. The van der Waals surface area contributed by atoms with E-state index in [0.717, 1.165) is 19.3 Å². The third kappa shape index (κ3) is 3.49. The summed E-state index contributed by atoms with van der Waals surface area (Å²) in [5.41, 5.74) is 0. The van der Waals surface area contributed by atoms with Crippen LogP contribution in [0, 0.1) is 0 Å². The number of unbranched alkanes of at least 4 members (excludes halogenated alkanes) is 2. The van der Waals surface area contributed by atoms with Crippen molar-refractivity contribution in [1.29, 1.82) is 0 Å². The zero-order valence-electron chi connectivity index (χ0n) is 9.80. The van der Waals surface area contributed by atoms with Crippen molar-refractivity contribution in [2.45, 2.75) is 44.5 Å². The van der Waals surface area contributed by atoms with Gasteiger partial charge in [0.1, 0.15) is 6.10 Å². The van der Waals surface area contributed by atoms with Gasteiger partial charge in [0.05, 0.1) is 6.61 Å². The molecule has 1 saturated heterocycles. The molecular weight excluding hydrogens is 228 g/mol. The van der Waals surface area contributed by atoms with Gasteiger partial charge in [-0.2, -0.15) is 0 Å². The summed E-state index contributed by atoms with van der Waals surface area (Å²) >= 11 is 0. The summed E-state index contributed by atoms with van der Waals surface area (Å²) in [4.78, 5) is 22.5. The van der Waals surface area contributed by atoms with Crippen LogP contribution in [0.15, 0.2) is 0 Å². The van der Waals surface area contributed by atoms with Crippen LogP contribution in [0.2, 0.25) is 0 Å². The molecule has 1 aliphatic rings. The number of hydrogen-bond acceptors (Lipinski definition) is 6. The Morgan fingerprint density at radius 3 is 2.71 bits per heavy atom. The fraction of sp³-hybridized carbons (Fsp3) is 0.818. The maximum atomic E-state index is 11.4. The Labute approximate surface area is 99.5 Å². The molecule has 6 heteroatoms. The minimum absolute atomic E-state index is 0.329. The Morgan fingerprint density at radius 2 is 2.12 bits per heavy atom. The van der Waals surface area contributed by atoms with Crippen LogP contribution in [-0.4, -0.2) is 53.5 Å². The second-order valence-corrected chi connectivity index (χ2v) is 3.98.